The minimum Gasteiger partial charge on any atom is -0.480 e. The molecule has 0 saturated carbocycles. The first-order valence-corrected chi connectivity index (χ1v) is 7.73. The Morgan fingerprint density at radius 2 is 1.86 bits per heavy atom. The van der Waals surface area contributed by atoms with Gasteiger partial charge in [0.25, 0.3) is 0 Å². The third-order valence-electron chi connectivity index (χ3n) is 4.49. The smallest absolute Gasteiger partial charge is 0.323 e. The van der Waals surface area contributed by atoms with E-state index in [4.69, 9.17) is 10.8 Å². The van der Waals surface area contributed by atoms with Gasteiger partial charge in [0, 0.05) is 0 Å². The Morgan fingerprint density at radius 1 is 1.29 bits per heavy atom. The molecule has 1 aromatic carbocycles. The second-order valence-electron chi connectivity index (χ2n) is 6.73. The molecule has 3 nitrogen and oxygen atoms in total. The summed E-state index contributed by atoms with van der Waals surface area (Å²) in [6.07, 6.45) is 3.65. The molecular weight excluding hydrogens is 262 g/mol. The van der Waals surface area contributed by atoms with E-state index in [-0.39, 0.29) is 0 Å². The van der Waals surface area contributed by atoms with Crippen molar-refractivity contribution < 1.29 is 9.90 Å². The lowest BCUT2D eigenvalue weighted by atomic mass is 9.86. The molecule has 0 fully saturated rings. The van der Waals surface area contributed by atoms with Crippen molar-refractivity contribution in [1.82, 2.24) is 0 Å². The molecule has 0 aromatic heterocycles. The van der Waals surface area contributed by atoms with Crippen LogP contribution in [0.3, 0.4) is 0 Å². The van der Waals surface area contributed by atoms with Crippen molar-refractivity contribution >= 4 is 5.97 Å². The van der Waals surface area contributed by atoms with Gasteiger partial charge in [-0.1, -0.05) is 25.5 Å². The maximum Gasteiger partial charge on any atom is 0.323 e. The standard InChI is InChI=1S/C18H29NO2/c1-12(11-18(5,19)17(20)21)7-6-8-16-14(3)10-9-13(2)15(16)4/h9-10,12H,6-8,11,19H2,1-5H3,(H,20,21). The molecule has 21 heavy (non-hydrogen) atoms. The van der Waals surface area contributed by atoms with Crippen molar-refractivity contribution in [2.75, 3.05) is 0 Å². The topological polar surface area (TPSA) is 63.3 Å². The Labute approximate surface area is 128 Å². The Hall–Kier alpha value is -1.35. The Bertz CT molecular complexity index is 506. The highest BCUT2D eigenvalue weighted by atomic mass is 16.4. The van der Waals surface area contributed by atoms with Crippen LogP contribution in [0, 0.1) is 26.7 Å². The minimum absolute atomic E-state index is 0.321. The van der Waals surface area contributed by atoms with Crippen LogP contribution in [0.5, 0.6) is 0 Å². The van der Waals surface area contributed by atoms with Gasteiger partial charge in [0.2, 0.25) is 0 Å². The van der Waals surface area contributed by atoms with Gasteiger partial charge < -0.3 is 10.8 Å². The minimum atomic E-state index is -1.12. The van der Waals surface area contributed by atoms with Gasteiger partial charge in [-0.25, -0.2) is 0 Å². The first-order valence-electron chi connectivity index (χ1n) is 7.73. The zero-order chi connectivity index (χ0) is 16.2. The van der Waals surface area contributed by atoms with Crippen LogP contribution in [0.15, 0.2) is 12.1 Å². The van der Waals surface area contributed by atoms with E-state index in [2.05, 4.69) is 39.8 Å². The van der Waals surface area contributed by atoms with E-state index in [9.17, 15) is 4.79 Å². The number of carbonyl (C=O) groups is 1. The van der Waals surface area contributed by atoms with E-state index >= 15 is 0 Å². The van der Waals surface area contributed by atoms with Crippen molar-refractivity contribution in [2.45, 2.75) is 65.8 Å². The number of carboxylic acids is 1. The summed E-state index contributed by atoms with van der Waals surface area (Å²) >= 11 is 0. The Balaban J connectivity index is 2.55. The van der Waals surface area contributed by atoms with E-state index in [0.717, 1.165) is 19.3 Å². The van der Waals surface area contributed by atoms with Gasteiger partial charge in [-0.15, -0.1) is 0 Å². The number of aryl methyl sites for hydroxylation is 2. The van der Waals surface area contributed by atoms with Crippen LogP contribution in [0.2, 0.25) is 0 Å². The molecule has 0 aliphatic carbocycles. The largest absolute Gasteiger partial charge is 0.480 e. The van der Waals surface area contributed by atoms with Crippen LogP contribution in [0.25, 0.3) is 0 Å². The van der Waals surface area contributed by atoms with Crippen molar-refractivity contribution in [3.8, 4) is 0 Å². The summed E-state index contributed by atoms with van der Waals surface area (Å²) in [7, 11) is 0. The van der Waals surface area contributed by atoms with E-state index < -0.39 is 11.5 Å². The van der Waals surface area contributed by atoms with E-state index in [1.807, 2.05) is 0 Å². The maximum atomic E-state index is 11.1. The molecule has 0 heterocycles. The molecule has 0 aliphatic heterocycles. The zero-order valence-corrected chi connectivity index (χ0v) is 14.0. The van der Waals surface area contributed by atoms with E-state index in [1.54, 1.807) is 6.92 Å². The van der Waals surface area contributed by atoms with Crippen molar-refractivity contribution in [2.24, 2.45) is 11.7 Å². The first-order chi connectivity index (χ1) is 9.65. The first kappa shape index (κ1) is 17.7. The Kier molecular flexibility index (Phi) is 5.97. The molecule has 1 aromatic rings. The van der Waals surface area contributed by atoms with Crippen molar-refractivity contribution in [1.29, 1.82) is 0 Å². The second kappa shape index (κ2) is 7.08. The molecule has 3 N–H and O–H groups in total. The average molecular weight is 291 g/mol. The van der Waals surface area contributed by atoms with Gasteiger partial charge in [0.05, 0.1) is 0 Å². The predicted octanol–water partition coefficient (Wildman–Crippen LogP) is 3.76. The van der Waals surface area contributed by atoms with Crippen LogP contribution in [-0.2, 0) is 11.2 Å². The fourth-order valence-corrected chi connectivity index (χ4v) is 2.93. The molecule has 2 unspecified atom stereocenters. The fraction of sp³-hybridized carbons (Fsp3) is 0.611. The van der Waals surface area contributed by atoms with Gasteiger partial charge in [0.15, 0.2) is 0 Å². The Morgan fingerprint density at radius 3 is 2.43 bits per heavy atom. The summed E-state index contributed by atoms with van der Waals surface area (Å²) in [5.74, 6) is -0.596. The van der Waals surface area contributed by atoms with E-state index in [1.165, 1.54) is 22.3 Å². The fourth-order valence-electron chi connectivity index (χ4n) is 2.93. The van der Waals surface area contributed by atoms with Crippen LogP contribution in [0.1, 0.15) is 55.4 Å². The average Bonchev–Trinajstić information content (AvgIpc) is 2.37. The molecule has 0 bridgehead atoms. The monoisotopic (exact) mass is 291 g/mol. The number of hydrogen-bond donors (Lipinski definition) is 2. The van der Waals surface area contributed by atoms with Gasteiger partial charge in [-0.05, 0) is 75.1 Å². The number of hydrogen-bond acceptors (Lipinski definition) is 2. The lowest BCUT2D eigenvalue weighted by Crippen LogP contribution is -2.46. The van der Waals surface area contributed by atoms with Crippen LogP contribution in [0.4, 0.5) is 0 Å². The molecule has 0 spiro atoms. The number of aliphatic carboxylic acids is 1. The van der Waals surface area contributed by atoms with Gasteiger partial charge in [0.1, 0.15) is 5.54 Å². The lowest BCUT2D eigenvalue weighted by molar-refractivity contribution is -0.143. The number of nitrogens with two attached hydrogens (primary N) is 1. The molecule has 1 rings (SSSR count). The third kappa shape index (κ3) is 4.85. The van der Waals surface area contributed by atoms with Crippen LogP contribution in [-0.4, -0.2) is 16.6 Å². The summed E-state index contributed by atoms with van der Waals surface area (Å²) in [5, 5.41) is 9.07. The summed E-state index contributed by atoms with van der Waals surface area (Å²) in [6.45, 7) is 10.2. The zero-order valence-electron chi connectivity index (χ0n) is 14.0. The quantitative estimate of drug-likeness (QED) is 0.804. The van der Waals surface area contributed by atoms with E-state index in [0.29, 0.717) is 12.3 Å². The lowest BCUT2D eigenvalue weighted by Gasteiger charge is -2.23. The predicted molar refractivity (Wildman–Crippen MR) is 87.6 cm³/mol. The highest BCUT2D eigenvalue weighted by Crippen LogP contribution is 2.23. The van der Waals surface area contributed by atoms with Gasteiger partial charge in [-0.3, -0.25) is 4.79 Å². The second-order valence-corrected chi connectivity index (χ2v) is 6.73. The van der Waals surface area contributed by atoms with Crippen LogP contribution >= 0.6 is 0 Å². The van der Waals surface area contributed by atoms with Crippen molar-refractivity contribution in [3.05, 3.63) is 34.4 Å². The molecule has 0 radical (unpaired) electrons. The van der Waals surface area contributed by atoms with Gasteiger partial charge in [-0.2, -0.15) is 0 Å². The third-order valence-corrected chi connectivity index (χ3v) is 4.49. The highest BCUT2D eigenvalue weighted by molar-refractivity contribution is 5.77. The van der Waals surface area contributed by atoms with Crippen molar-refractivity contribution in [3.63, 3.8) is 0 Å². The molecule has 118 valence electrons. The maximum absolute atomic E-state index is 11.1. The summed E-state index contributed by atoms with van der Waals surface area (Å²) < 4.78 is 0. The SMILES string of the molecule is Cc1ccc(C)c(CCCC(C)CC(C)(N)C(=O)O)c1C. The summed E-state index contributed by atoms with van der Waals surface area (Å²) in [4.78, 5) is 11.1. The molecule has 0 amide bonds. The summed E-state index contributed by atoms with van der Waals surface area (Å²) in [6, 6.07) is 4.35. The van der Waals surface area contributed by atoms with Gasteiger partial charge >= 0.3 is 5.97 Å². The number of rotatable bonds is 7. The molecule has 0 aliphatic rings. The molecule has 2 atom stereocenters. The number of benzene rings is 1. The highest BCUT2D eigenvalue weighted by Gasteiger charge is 2.29. The van der Waals surface area contributed by atoms with Crippen LogP contribution < -0.4 is 5.73 Å². The molecule has 3 heteroatoms. The number of carboxylic acid groups (broad SMARTS) is 1. The molecule has 0 saturated heterocycles. The molecular formula is C18H29NO2. The summed E-state index contributed by atoms with van der Waals surface area (Å²) in [5.41, 5.74) is 10.2. The normalized spacial score (nSPS) is 15.5.